The van der Waals surface area contributed by atoms with Gasteiger partial charge in [0.15, 0.2) is 0 Å². The van der Waals surface area contributed by atoms with Gasteiger partial charge in [0.1, 0.15) is 6.07 Å². The predicted octanol–water partition coefficient (Wildman–Crippen LogP) is 2.68. The smallest absolute Gasteiger partial charge is 0.101 e. The molecule has 0 fully saturated rings. The van der Waals surface area contributed by atoms with E-state index in [1.807, 2.05) is 24.4 Å². The van der Waals surface area contributed by atoms with Crippen molar-refractivity contribution >= 4 is 16.6 Å². The largest absolute Gasteiger partial charge is 0.399 e. The summed E-state index contributed by atoms with van der Waals surface area (Å²) in [6, 6.07) is 8.22. The zero-order valence-corrected chi connectivity index (χ0v) is 8.86. The maximum Gasteiger partial charge on any atom is 0.101 e. The minimum Gasteiger partial charge on any atom is -0.399 e. The SMILES string of the molecule is CC(C)n1cc(C#N)c2cc(N)ccc21. The average Bonchev–Trinajstić information content (AvgIpc) is 2.55. The highest BCUT2D eigenvalue weighted by molar-refractivity contribution is 5.89. The van der Waals surface area contributed by atoms with Crippen LogP contribution in [0.3, 0.4) is 0 Å². The highest BCUT2D eigenvalue weighted by atomic mass is 15.0. The molecule has 0 amide bonds. The number of nitrogens with zero attached hydrogens (tertiary/aromatic N) is 2. The number of fused-ring (bicyclic) bond motifs is 1. The second kappa shape index (κ2) is 3.32. The number of nitriles is 1. The van der Waals surface area contributed by atoms with Crippen LogP contribution in [0.1, 0.15) is 25.5 Å². The van der Waals surface area contributed by atoms with E-state index in [1.165, 1.54) is 0 Å². The minimum atomic E-state index is 0.346. The molecule has 0 bridgehead atoms. The lowest BCUT2D eigenvalue weighted by atomic mass is 10.2. The average molecular weight is 199 g/mol. The molecule has 0 radical (unpaired) electrons. The Hall–Kier alpha value is -1.95. The molecule has 0 atom stereocenters. The molecule has 0 saturated heterocycles. The quantitative estimate of drug-likeness (QED) is 0.718. The molecule has 0 unspecified atom stereocenters. The zero-order valence-electron chi connectivity index (χ0n) is 8.86. The Labute approximate surface area is 88.7 Å². The first kappa shape index (κ1) is 9.60. The summed E-state index contributed by atoms with van der Waals surface area (Å²) < 4.78 is 2.09. The molecule has 1 aromatic carbocycles. The van der Waals surface area contributed by atoms with Crippen LogP contribution in [-0.2, 0) is 0 Å². The molecule has 2 N–H and O–H groups in total. The Bertz CT molecular complexity index is 544. The molecular weight excluding hydrogens is 186 g/mol. The molecule has 0 aliphatic rings. The highest BCUT2D eigenvalue weighted by Gasteiger charge is 2.09. The molecule has 2 aromatic rings. The van der Waals surface area contributed by atoms with E-state index in [-0.39, 0.29) is 0 Å². The minimum absolute atomic E-state index is 0.346. The van der Waals surface area contributed by atoms with Crippen molar-refractivity contribution in [1.82, 2.24) is 4.57 Å². The van der Waals surface area contributed by atoms with E-state index in [4.69, 9.17) is 11.0 Å². The lowest BCUT2D eigenvalue weighted by Gasteiger charge is -2.08. The van der Waals surface area contributed by atoms with E-state index in [0.717, 1.165) is 10.9 Å². The maximum atomic E-state index is 9.02. The second-order valence-electron chi connectivity index (χ2n) is 3.93. The van der Waals surface area contributed by atoms with Crippen molar-refractivity contribution in [3.05, 3.63) is 30.0 Å². The molecule has 0 aliphatic carbocycles. The van der Waals surface area contributed by atoms with Crippen LogP contribution in [0.25, 0.3) is 10.9 Å². The van der Waals surface area contributed by atoms with Crippen LogP contribution < -0.4 is 5.73 Å². The van der Waals surface area contributed by atoms with Crippen molar-refractivity contribution in [1.29, 1.82) is 5.26 Å². The number of hydrogen-bond donors (Lipinski definition) is 1. The molecule has 2 rings (SSSR count). The summed E-state index contributed by atoms with van der Waals surface area (Å²) in [5, 5.41) is 9.95. The Morgan fingerprint density at radius 2 is 2.13 bits per heavy atom. The van der Waals surface area contributed by atoms with Crippen LogP contribution in [0.4, 0.5) is 5.69 Å². The van der Waals surface area contributed by atoms with E-state index in [0.29, 0.717) is 17.3 Å². The van der Waals surface area contributed by atoms with Crippen molar-refractivity contribution in [3.8, 4) is 6.07 Å². The molecule has 15 heavy (non-hydrogen) atoms. The van der Waals surface area contributed by atoms with Gasteiger partial charge in [0.05, 0.1) is 5.56 Å². The molecule has 1 heterocycles. The summed E-state index contributed by atoms with van der Waals surface area (Å²) in [7, 11) is 0. The second-order valence-corrected chi connectivity index (χ2v) is 3.93. The summed E-state index contributed by atoms with van der Waals surface area (Å²) in [5.41, 5.74) is 8.16. The Kier molecular flexibility index (Phi) is 2.12. The van der Waals surface area contributed by atoms with Crippen molar-refractivity contribution in [2.24, 2.45) is 0 Å². The van der Waals surface area contributed by atoms with Gasteiger partial charge >= 0.3 is 0 Å². The standard InChI is InChI=1S/C12H13N3/c1-8(2)15-7-9(6-13)11-5-10(14)3-4-12(11)15/h3-5,7-8H,14H2,1-2H3. The summed E-state index contributed by atoms with van der Waals surface area (Å²) in [6.07, 6.45) is 1.88. The van der Waals surface area contributed by atoms with Crippen molar-refractivity contribution in [3.63, 3.8) is 0 Å². The first-order valence-electron chi connectivity index (χ1n) is 4.93. The number of aromatic nitrogens is 1. The molecule has 76 valence electrons. The third-order valence-electron chi connectivity index (χ3n) is 2.53. The molecule has 3 nitrogen and oxygen atoms in total. The van der Waals surface area contributed by atoms with Gasteiger partial charge < -0.3 is 10.3 Å². The number of anilines is 1. The van der Waals surface area contributed by atoms with Crippen LogP contribution in [0.2, 0.25) is 0 Å². The lowest BCUT2D eigenvalue weighted by molar-refractivity contribution is 0.622. The van der Waals surface area contributed by atoms with Crippen LogP contribution in [0.15, 0.2) is 24.4 Å². The topological polar surface area (TPSA) is 54.7 Å². The van der Waals surface area contributed by atoms with Gasteiger partial charge in [-0.15, -0.1) is 0 Å². The van der Waals surface area contributed by atoms with Gasteiger partial charge in [-0.3, -0.25) is 0 Å². The molecule has 0 aliphatic heterocycles. The van der Waals surface area contributed by atoms with Gasteiger partial charge in [0, 0.05) is 28.8 Å². The van der Waals surface area contributed by atoms with E-state index in [9.17, 15) is 0 Å². The van der Waals surface area contributed by atoms with Crippen molar-refractivity contribution in [2.45, 2.75) is 19.9 Å². The first-order valence-corrected chi connectivity index (χ1v) is 4.93. The normalized spacial score (nSPS) is 10.8. The van der Waals surface area contributed by atoms with Gasteiger partial charge in [-0.05, 0) is 32.0 Å². The zero-order chi connectivity index (χ0) is 11.0. The van der Waals surface area contributed by atoms with Gasteiger partial charge in [0.2, 0.25) is 0 Å². The number of benzene rings is 1. The Balaban J connectivity index is 2.82. The Morgan fingerprint density at radius 1 is 1.40 bits per heavy atom. The van der Waals surface area contributed by atoms with Crippen LogP contribution in [0, 0.1) is 11.3 Å². The number of nitrogens with two attached hydrogens (primary N) is 1. The number of nitrogen functional groups attached to an aromatic ring is 1. The highest BCUT2D eigenvalue weighted by Crippen LogP contribution is 2.25. The number of rotatable bonds is 1. The molecule has 0 saturated carbocycles. The third-order valence-corrected chi connectivity index (χ3v) is 2.53. The third kappa shape index (κ3) is 1.44. The van der Waals surface area contributed by atoms with Gasteiger partial charge in [-0.1, -0.05) is 0 Å². The fourth-order valence-electron chi connectivity index (χ4n) is 1.79. The van der Waals surface area contributed by atoms with Gasteiger partial charge in [-0.25, -0.2) is 0 Å². The van der Waals surface area contributed by atoms with Crippen molar-refractivity contribution in [2.75, 3.05) is 5.73 Å². The summed E-state index contributed by atoms with van der Waals surface area (Å²) in [5.74, 6) is 0. The maximum absolute atomic E-state index is 9.02. The fraction of sp³-hybridized carbons (Fsp3) is 0.250. The summed E-state index contributed by atoms with van der Waals surface area (Å²) in [6.45, 7) is 4.19. The lowest BCUT2D eigenvalue weighted by Crippen LogP contribution is -1.97. The first-order chi connectivity index (χ1) is 7.13. The van der Waals surface area contributed by atoms with E-state index in [2.05, 4.69) is 24.5 Å². The Morgan fingerprint density at radius 3 is 2.73 bits per heavy atom. The van der Waals surface area contributed by atoms with Crippen LogP contribution >= 0.6 is 0 Å². The van der Waals surface area contributed by atoms with Crippen LogP contribution in [-0.4, -0.2) is 4.57 Å². The molecule has 0 spiro atoms. The number of hydrogen-bond acceptors (Lipinski definition) is 2. The van der Waals surface area contributed by atoms with Crippen LogP contribution in [0.5, 0.6) is 0 Å². The van der Waals surface area contributed by atoms with Crippen molar-refractivity contribution < 1.29 is 0 Å². The fourth-order valence-corrected chi connectivity index (χ4v) is 1.79. The predicted molar refractivity (Wildman–Crippen MR) is 61.5 cm³/mol. The van der Waals surface area contributed by atoms with Gasteiger partial charge in [0.25, 0.3) is 0 Å². The monoisotopic (exact) mass is 199 g/mol. The summed E-state index contributed by atoms with van der Waals surface area (Å²) >= 11 is 0. The van der Waals surface area contributed by atoms with E-state index in [1.54, 1.807) is 0 Å². The van der Waals surface area contributed by atoms with E-state index >= 15 is 0 Å². The molecular formula is C12H13N3. The molecule has 1 aromatic heterocycles. The van der Waals surface area contributed by atoms with Gasteiger partial charge in [-0.2, -0.15) is 5.26 Å². The van der Waals surface area contributed by atoms with E-state index < -0.39 is 0 Å². The molecule has 3 heteroatoms. The summed E-state index contributed by atoms with van der Waals surface area (Å²) in [4.78, 5) is 0.